The average Bonchev–Trinajstić information content (AvgIpc) is 2.46. The van der Waals surface area contributed by atoms with Gasteiger partial charge in [-0.15, -0.1) is 0 Å². The third-order valence-corrected chi connectivity index (χ3v) is 3.68. The SMILES string of the molecule is C/C(=C1/CCCN(C(=O)OC(C)(C)C)C1)c1ccccc1. The molecule has 21 heavy (non-hydrogen) atoms. The van der Waals surface area contributed by atoms with E-state index in [9.17, 15) is 4.79 Å². The van der Waals surface area contributed by atoms with E-state index in [0.29, 0.717) is 6.54 Å². The zero-order chi connectivity index (χ0) is 15.5. The lowest BCUT2D eigenvalue weighted by Crippen LogP contribution is -2.40. The molecule has 0 unspecified atom stereocenters. The second kappa shape index (κ2) is 6.33. The van der Waals surface area contributed by atoms with Gasteiger partial charge in [0, 0.05) is 13.1 Å². The first-order valence-electron chi connectivity index (χ1n) is 7.59. The number of ether oxygens (including phenoxy) is 1. The molecule has 3 nitrogen and oxygen atoms in total. The molecule has 0 N–H and O–H groups in total. The van der Waals surface area contributed by atoms with Crippen molar-refractivity contribution >= 4 is 11.7 Å². The van der Waals surface area contributed by atoms with Gasteiger partial charge < -0.3 is 9.64 Å². The second-order valence-electron chi connectivity index (χ2n) is 6.60. The van der Waals surface area contributed by atoms with Crippen LogP contribution in [-0.2, 0) is 4.74 Å². The van der Waals surface area contributed by atoms with E-state index in [0.717, 1.165) is 19.4 Å². The molecule has 1 amide bonds. The second-order valence-corrected chi connectivity index (χ2v) is 6.60. The summed E-state index contributed by atoms with van der Waals surface area (Å²) in [5, 5.41) is 0. The van der Waals surface area contributed by atoms with E-state index < -0.39 is 5.60 Å². The Balaban J connectivity index is 2.12. The normalized spacial score (nSPS) is 18.4. The summed E-state index contributed by atoms with van der Waals surface area (Å²) in [6.07, 6.45) is 1.85. The molecule has 0 aromatic heterocycles. The summed E-state index contributed by atoms with van der Waals surface area (Å²) in [6.45, 7) is 9.31. The lowest BCUT2D eigenvalue weighted by molar-refractivity contribution is 0.0247. The fraction of sp³-hybridized carbons (Fsp3) is 0.500. The highest BCUT2D eigenvalue weighted by Crippen LogP contribution is 2.26. The number of amides is 1. The minimum atomic E-state index is -0.438. The molecular weight excluding hydrogens is 262 g/mol. The molecule has 0 atom stereocenters. The van der Waals surface area contributed by atoms with E-state index in [-0.39, 0.29) is 6.09 Å². The molecule has 0 saturated carbocycles. The van der Waals surface area contributed by atoms with Crippen LogP contribution in [-0.4, -0.2) is 29.7 Å². The number of hydrogen-bond donors (Lipinski definition) is 0. The number of hydrogen-bond acceptors (Lipinski definition) is 2. The van der Waals surface area contributed by atoms with Gasteiger partial charge in [0.05, 0.1) is 0 Å². The van der Waals surface area contributed by atoms with E-state index in [1.807, 2.05) is 43.9 Å². The maximum absolute atomic E-state index is 12.2. The van der Waals surface area contributed by atoms with Crippen molar-refractivity contribution in [2.75, 3.05) is 13.1 Å². The molecular formula is C18H25NO2. The summed E-state index contributed by atoms with van der Waals surface area (Å²) < 4.78 is 5.48. The number of piperidine rings is 1. The Hall–Kier alpha value is -1.77. The number of allylic oxidation sites excluding steroid dienone is 1. The van der Waals surface area contributed by atoms with Gasteiger partial charge in [-0.1, -0.05) is 30.3 Å². The molecule has 1 aromatic rings. The van der Waals surface area contributed by atoms with Crippen LogP contribution in [0.3, 0.4) is 0 Å². The van der Waals surface area contributed by atoms with Crippen molar-refractivity contribution in [3.8, 4) is 0 Å². The van der Waals surface area contributed by atoms with Crippen LogP contribution in [0.15, 0.2) is 35.9 Å². The van der Waals surface area contributed by atoms with Gasteiger partial charge in [0.1, 0.15) is 5.60 Å². The van der Waals surface area contributed by atoms with Gasteiger partial charge in [-0.25, -0.2) is 4.79 Å². The van der Waals surface area contributed by atoms with Gasteiger partial charge in [0.25, 0.3) is 0 Å². The Morgan fingerprint density at radius 2 is 1.86 bits per heavy atom. The van der Waals surface area contributed by atoms with Gasteiger partial charge in [0.2, 0.25) is 0 Å². The summed E-state index contributed by atoms with van der Waals surface area (Å²) in [6, 6.07) is 10.4. The van der Waals surface area contributed by atoms with Crippen molar-refractivity contribution in [2.24, 2.45) is 0 Å². The molecule has 0 aliphatic carbocycles. The number of nitrogens with zero attached hydrogens (tertiary/aromatic N) is 1. The quantitative estimate of drug-likeness (QED) is 0.761. The third-order valence-electron chi connectivity index (χ3n) is 3.68. The molecule has 1 saturated heterocycles. The van der Waals surface area contributed by atoms with E-state index in [2.05, 4.69) is 19.1 Å². The van der Waals surface area contributed by atoms with Gasteiger partial charge in [-0.3, -0.25) is 0 Å². The highest BCUT2D eigenvalue weighted by molar-refractivity contribution is 5.72. The molecule has 2 rings (SSSR count). The van der Waals surface area contributed by atoms with Gasteiger partial charge in [0.15, 0.2) is 0 Å². The summed E-state index contributed by atoms with van der Waals surface area (Å²) in [5.74, 6) is 0. The van der Waals surface area contributed by atoms with Gasteiger partial charge in [-0.05, 0) is 57.2 Å². The summed E-state index contributed by atoms with van der Waals surface area (Å²) in [7, 11) is 0. The molecule has 1 aliphatic rings. The first-order valence-corrected chi connectivity index (χ1v) is 7.59. The van der Waals surface area contributed by atoms with Crippen molar-refractivity contribution in [3.63, 3.8) is 0 Å². The zero-order valence-electron chi connectivity index (χ0n) is 13.5. The van der Waals surface area contributed by atoms with E-state index >= 15 is 0 Å². The first-order chi connectivity index (χ1) is 9.87. The van der Waals surface area contributed by atoms with Crippen molar-refractivity contribution in [1.29, 1.82) is 0 Å². The fourth-order valence-electron chi connectivity index (χ4n) is 2.55. The Bertz CT molecular complexity index is 526. The van der Waals surface area contributed by atoms with E-state index in [4.69, 9.17) is 4.74 Å². The van der Waals surface area contributed by atoms with Crippen LogP contribution in [0.4, 0.5) is 4.79 Å². The standard InChI is InChI=1S/C18H25NO2/c1-14(15-9-6-5-7-10-15)16-11-8-12-19(13-16)17(20)21-18(2,3)4/h5-7,9-10H,8,11-13H2,1-4H3/b16-14+. The highest BCUT2D eigenvalue weighted by atomic mass is 16.6. The Morgan fingerprint density at radius 3 is 2.48 bits per heavy atom. The maximum atomic E-state index is 12.2. The molecule has 3 heteroatoms. The monoisotopic (exact) mass is 287 g/mol. The number of carbonyl (C=O) groups excluding carboxylic acids is 1. The summed E-state index contributed by atoms with van der Waals surface area (Å²) in [4.78, 5) is 14.0. The first kappa shape index (κ1) is 15.6. The van der Waals surface area contributed by atoms with Crippen molar-refractivity contribution in [1.82, 2.24) is 4.90 Å². The highest BCUT2D eigenvalue weighted by Gasteiger charge is 2.25. The molecule has 0 spiro atoms. The molecule has 0 radical (unpaired) electrons. The van der Waals surface area contributed by atoms with Crippen molar-refractivity contribution in [2.45, 2.75) is 46.1 Å². The summed E-state index contributed by atoms with van der Waals surface area (Å²) in [5.41, 5.74) is 3.41. The van der Waals surface area contributed by atoms with E-state index in [1.54, 1.807) is 0 Å². The van der Waals surface area contributed by atoms with Crippen LogP contribution in [0, 0.1) is 0 Å². The van der Waals surface area contributed by atoms with Crippen LogP contribution in [0.1, 0.15) is 46.1 Å². The average molecular weight is 287 g/mol. The van der Waals surface area contributed by atoms with Crippen molar-refractivity contribution in [3.05, 3.63) is 41.5 Å². The lowest BCUT2D eigenvalue weighted by atomic mass is 9.95. The predicted octanol–water partition coefficient (Wildman–Crippen LogP) is 4.49. The van der Waals surface area contributed by atoms with Crippen molar-refractivity contribution < 1.29 is 9.53 Å². The third kappa shape index (κ3) is 4.35. The smallest absolute Gasteiger partial charge is 0.410 e. The van der Waals surface area contributed by atoms with Crippen LogP contribution in [0.5, 0.6) is 0 Å². The summed E-state index contributed by atoms with van der Waals surface area (Å²) >= 11 is 0. The molecule has 1 fully saturated rings. The number of benzene rings is 1. The molecule has 114 valence electrons. The molecule has 1 aromatic carbocycles. The molecule has 1 aliphatic heterocycles. The minimum Gasteiger partial charge on any atom is -0.444 e. The Labute approximate surface area is 127 Å². The predicted molar refractivity (Wildman–Crippen MR) is 86.1 cm³/mol. The Morgan fingerprint density at radius 1 is 1.19 bits per heavy atom. The maximum Gasteiger partial charge on any atom is 0.410 e. The number of carbonyl (C=O) groups is 1. The minimum absolute atomic E-state index is 0.208. The largest absolute Gasteiger partial charge is 0.444 e. The molecule has 1 heterocycles. The van der Waals surface area contributed by atoms with Gasteiger partial charge >= 0.3 is 6.09 Å². The van der Waals surface area contributed by atoms with E-state index in [1.165, 1.54) is 16.7 Å². The van der Waals surface area contributed by atoms with Gasteiger partial charge in [-0.2, -0.15) is 0 Å². The Kier molecular flexibility index (Phi) is 4.71. The number of likely N-dealkylation sites (tertiary alicyclic amines) is 1. The molecule has 0 bridgehead atoms. The lowest BCUT2D eigenvalue weighted by Gasteiger charge is -2.32. The zero-order valence-corrected chi connectivity index (χ0v) is 13.5. The number of rotatable bonds is 1. The van der Waals surface area contributed by atoms with Crippen LogP contribution in [0.2, 0.25) is 0 Å². The van der Waals surface area contributed by atoms with Crippen LogP contribution < -0.4 is 0 Å². The fourth-order valence-corrected chi connectivity index (χ4v) is 2.55. The van der Waals surface area contributed by atoms with Crippen LogP contribution in [0.25, 0.3) is 5.57 Å². The topological polar surface area (TPSA) is 29.5 Å². The van der Waals surface area contributed by atoms with Crippen LogP contribution >= 0.6 is 0 Å².